The summed E-state index contributed by atoms with van der Waals surface area (Å²) in [6, 6.07) is 5.16. The Bertz CT molecular complexity index is 447. The van der Waals surface area contributed by atoms with Crippen LogP contribution < -0.4 is 5.32 Å². The maximum Gasteiger partial charge on any atom is 0.217 e. The molecule has 82 valence electrons. The summed E-state index contributed by atoms with van der Waals surface area (Å²) in [6.45, 7) is 0.695. The van der Waals surface area contributed by atoms with E-state index in [9.17, 15) is 4.39 Å². The van der Waals surface area contributed by atoms with Crippen LogP contribution in [-0.4, -0.2) is 21.5 Å². The first-order valence-electron chi connectivity index (χ1n) is 4.95. The number of halogens is 1. The molecule has 2 aromatic heterocycles. The van der Waals surface area contributed by atoms with E-state index < -0.39 is 5.95 Å². The van der Waals surface area contributed by atoms with Gasteiger partial charge in [0.2, 0.25) is 5.95 Å². The summed E-state index contributed by atoms with van der Waals surface area (Å²) < 4.78 is 12.7. The van der Waals surface area contributed by atoms with Gasteiger partial charge in [-0.25, -0.2) is 9.97 Å². The zero-order valence-corrected chi connectivity index (χ0v) is 8.60. The van der Waals surface area contributed by atoms with Gasteiger partial charge in [0.1, 0.15) is 12.1 Å². The predicted molar refractivity (Wildman–Crippen MR) is 58.4 cm³/mol. The molecule has 0 aliphatic carbocycles. The lowest BCUT2D eigenvalue weighted by Crippen LogP contribution is -2.06. The van der Waals surface area contributed by atoms with Crippen LogP contribution in [0.4, 0.5) is 10.2 Å². The van der Waals surface area contributed by atoms with Crippen molar-refractivity contribution in [3.8, 4) is 0 Å². The lowest BCUT2D eigenvalue weighted by Gasteiger charge is -2.04. The number of aromatic nitrogens is 3. The second-order valence-electron chi connectivity index (χ2n) is 3.26. The van der Waals surface area contributed by atoms with Crippen LogP contribution in [0.3, 0.4) is 0 Å². The number of anilines is 1. The van der Waals surface area contributed by atoms with Gasteiger partial charge in [0.15, 0.2) is 0 Å². The van der Waals surface area contributed by atoms with Crippen molar-refractivity contribution in [2.45, 2.75) is 6.42 Å². The number of hydrogen-bond acceptors (Lipinski definition) is 4. The minimum atomic E-state index is -0.526. The molecule has 0 unspecified atom stereocenters. The SMILES string of the molecule is Fc1cc(NCCc2ccncc2)ncn1. The van der Waals surface area contributed by atoms with Crippen molar-refractivity contribution in [2.75, 3.05) is 11.9 Å². The summed E-state index contributed by atoms with van der Waals surface area (Å²) in [5.41, 5.74) is 1.18. The molecule has 0 fully saturated rings. The highest BCUT2D eigenvalue weighted by molar-refractivity contribution is 5.32. The maximum atomic E-state index is 12.7. The van der Waals surface area contributed by atoms with E-state index in [1.54, 1.807) is 12.4 Å². The van der Waals surface area contributed by atoms with Crippen LogP contribution in [0.15, 0.2) is 36.9 Å². The number of nitrogens with zero attached hydrogens (tertiary/aromatic N) is 3. The molecule has 0 spiro atoms. The molecule has 0 saturated heterocycles. The van der Waals surface area contributed by atoms with Gasteiger partial charge in [0, 0.05) is 25.0 Å². The van der Waals surface area contributed by atoms with Crippen LogP contribution in [0.5, 0.6) is 0 Å². The molecule has 4 nitrogen and oxygen atoms in total. The highest BCUT2D eigenvalue weighted by Gasteiger charge is 1.97. The van der Waals surface area contributed by atoms with Crippen LogP contribution in [0.2, 0.25) is 0 Å². The third kappa shape index (κ3) is 2.98. The summed E-state index contributed by atoms with van der Waals surface area (Å²) in [5.74, 6) is -0.0250. The van der Waals surface area contributed by atoms with Crippen molar-refractivity contribution in [3.05, 3.63) is 48.4 Å². The molecule has 0 aromatic carbocycles. The number of pyridine rings is 1. The molecule has 0 radical (unpaired) electrons. The summed E-state index contributed by atoms with van der Waals surface area (Å²) in [7, 11) is 0. The quantitative estimate of drug-likeness (QED) is 0.793. The van der Waals surface area contributed by atoms with Crippen molar-refractivity contribution in [3.63, 3.8) is 0 Å². The molecule has 0 aliphatic heterocycles. The molecular weight excluding hydrogens is 207 g/mol. The van der Waals surface area contributed by atoms with Gasteiger partial charge in [-0.3, -0.25) is 4.98 Å². The van der Waals surface area contributed by atoms with E-state index in [-0.39, 0.29) is 0 Å². The second kappa shape index (κ2) is 5.16. The third-order valence-corrected chi connectivity index (χ3v) is 2.10. The van der Waals surface area contributed by atoms with Gasteiger partial charge in [0.25, 0.3) is 0 Å². The van der Waals surface area contributed by atoms with E-state index in [1.165, 1.54) is 18.0 Å². The molecule has 0 amide bonds. The Morgan fingerprint density at radius 1 is 1.19 bits per heavy atom. The first-order chi connectivity index (χ1) is 7.84. The summed E-state index contributed by atoms with van der Waals surface area (Å²) >= 11 is 0. The van der Waals surface area contributed by atoms with Crippen molar-refractivity contribution in [1.29, 1.82) is 0 Å². The fraction of sp³-hybridized carbons (Fsp3) is 0.182. The Kier molecular flexibility index (Phi) is 3.38. The van der Waals surface area contributed by atoms with E-state index in [2.05, 4.69) is 20.3 Å². The largest absolute Gasteiger partial charge is 0.370 e. The molecule has 2 rings (SSSR count). The number of hydrogen-bond donors (Lipinski definition) is 1. The zero-order valence-electron chi connectivity index (χ0n) is 8.60. The smallest absolute Gasteiger partial charge is 0.217 e. The third-order valence-electron chi connectivity index (χ3n) is 2.10. The molecule has 0 aliphatic rings. The van der Waals surface area contributed by atoms with E-state index in [0.29, 0.717) is 12.4 Å². The number of nitrogens with one attached hydrogen (secondary N) is 1. The Labute approximate surface area is 92.6 Å². The van der Waals surface area contributed by atoms with E-state index >= 15 is 0 Å². The second-order valence-corrected chi connectivity index (χ2v) is 3.26. The van der Waals surface area contributed by atoms with Crippen LogP contribution in [-0.2, 0) is 6.42 Å². The Morgan fingerprint density at radius 2 is 2.00 bits per heavy atom. The Morgan fingerprint density at radius 3 is 2.75 bits per heavy atom. The van der Waals surface area contributed by atoms with Gasteiger partial charge in [-0.2, -0.15) is 4.39 Å². The van der Waals surface area contributed by atoms with Crippen molar-refractivity contribution in [2.24, 2.45) is 0 Å². The lowest BCUT2D eigenvalue weighted by atomic mass is 10.2. The summed E-state index contributed by atoms with van der Waals surface area (Å²) in [5, 5.41) is 3.02. The zero-order chi connectivity index (χ0) is 11.2. The van der Waals surface area contributed by atoms with Gasteiger partial charge in [-0.1, -0.05) is 0 Å². The van der Waals surface area contributed by atoms with Crippen LogP contribution in [0, 0.1) is 5.95 Å². The minimum Gasteiger partial charge on any atom is -0.370 e. The van der Waals surface area contributed by atoms with Gasteiger partial charge in [-0.05, 0) is 24.1 Å². The van der Waals surface area contributed by atoms with Crippen molar-refractivity contribution in [1.82, 2.24) is 15.0 Å². The first-order valence-corrected chi connectivity index (χ1v) is 4.95. The highest BCUT2D eigenvalue weighted by Crippen LogP contribution is 2.03. The standard InChI is InChI=1S/C11H11FN4/c12-10-7-11(16-8-15-10)14-6-3-9-1-4-13-5-2-9/h1-2,4-5,7-8H,3,6H2,(H,14,15,16). The van der Waals surface area contributed by atoms with Gasteiger partial charge >= 0.3 is 0 Å². The molecule has 0 bridgehead atoms. The normalized spacial score (nSPS) is 10.1. The Hall–Kier alpha value is -2.04. The molecule has 0 saturated carbocycles. The topological polar surface area (TPSA) is 50.7 Å². The van der Waals surface area contributed by atoms with Gasteiger partial charge < -0.3 is 5.32 Å². The fourth-order valence-corrected chi connectivity index (χ4v) is 1.31. The summed E-state index contributed by atoms with van der Waals surface area (Å²) in [6.07, 6.45) is 5.54. The maximum absolute atomic E-state index is 12.7. The summed E-state index contributed by atoms with van der Waals surface area (Å²) in [4.78, 5) is 11.2. The van der Waals surface area contributed by atoms with Crippen LogP contribution >= 0.6 is 0 Å². The molecule has 16 heavy (non-hydrogen) atoms. The average Bonchev–Trinajstić information content (AvgIpc) is 2.30. The molecule has 1 N–H and O–H groups in total. The molecule has 2 heterocycles. The van der Waals surface area contributed by atoms with Gasteiger partial charge in [0.05, 0.1) is 0 Å². The van der Waals surface area contributed by atoms with Gasteiger partial charge in [-0.15, -0.1) is 0 Å². The Balaban J connectivity index is 1.85. The lowest BCUT2D eigenvalue weighted by molar-refractivity contribution is 0.580. The van der Waals surface area contributed by atoms with E-state index in [4.69, 9.17) is 0 Å². The fourth-order valence-electron chi connectivity index (χ4n) is 1.31. The average molecular weight is 218 g/mol. The van der Waals surface area contributed by atoms with Crippen molar-refractivity contribution < 1.29 is 4.39 Å². The van der Waals surface area contributed by atoms with Crippen molar-refractivity contribution >= 4 is 5.82 Å². The minimum absolute atomic E-state index is 0.501. The van der Waals surface area contributed by atoms with Crippen LogP contribution in [0.1, 0.15) is 5.56 Å². The molecule has 2 aromatic rings. The van der Waals surface area contributed by atoms with E-state index in [1.807, 2.05) is 12.1 Å². The highest BCUT2D eigenvalue weighted by atomic mass is 19.1. The van der Waals surface area contributed by atoms with E-state index in [0.717, 1.165) is 6.42 Å². The van der Waals surface area contributed by atoms with Crippen LogP contribution in [0.25, 0.3) is 0 Å². The molecule has 5 heteroatoms. The number of rotatable bonds is 4. The molecular formula is C11H11FN4. The monoisotopic (exact) mass is 218 g/mol. The predicted octanol–water partition coefficient (Wildman–Crippen LogP) is 1.67. The first kappa shape index (κ1) is 10.5. The molecule has 0 atom stereocenters.